The first-order chi connectivity index (χ1) is 8.25. The van der Waals surface area contributed by atoms with E-state index >= 15 is 0 Å². The number of nitrogens with one attached hydrogen (secondary N) is 2. The maximum absolute atomic E-state index is 10.3. The fourth-order valence-electron chi connectivity index (χ4n) is 1.68. The SMILES string of the molecule is C1=Cc2ccccc2C1.O=C1CNC(=O)CN1. The summed E-state index contributed by atoms with van der Waals surface area (Å²) in [4.78, 5) is 20.6. The minimum atomic E-state index is -0.121. The first-order valence-corrected chi connectivity index (χ1v) is 5.53. The summed E-state index contributed by atoms with van der Waals surface area (Å²) < 4.78 is 0. The molecule has 1 heterocycles. The Bertz CT molecular complexity index is 438. The summed E-state index contributed by atoms with van der Waals surface area (Å²) in [5.41, 5.74) is 2.84. The van der Waals surface area contributed by atoms with Crippen LogP contribution in [-0.2, 0) is 16.0 Å². The molecule has 1 aromatic rings. The van der Waals surface area contributed by atoms with E-state index in [1.165, 1.54) is 11.1 Å². The summed E-state index contributed by atoms with van der Waals surface area (Å²) in [6.45, 7) is 0.248. The number of carbonyl (C=O) groups is 2. The lowest BCUT2D eigenvalue weighted by atomic mass is 10.1. The Morgan fingerprint density at radius 1 is 0.941 bits per heavy atom. The van der Waals surface area contributed by atoms with E-state index < -0.39 is 0 Å². The Kier molecular flexibility index (Phi) is 3.55. The summed E-state index contributed by atoms with van der Waals surface area (Å²) in [7, 11) is 0. The first-order valence-electron chi connectivity index (χ1n) is 5.53. The van der Waals surface area contributed by atoms with E-state index in [9.17, 15) is 9.59 Å². The maximum atomic E-state index is 10.3. The van der Waals surface area contributed by atoms with Crippen LogP contribution in [0.1, 0.15) is 11.1 Å². The van der Waals surface area contributed by atoms with Crippen molar-refractivity contribution in [3.8, 4) is 0 Å². The van der Waals surface area contributed by atoms with Crippen molar-refractivity contribution in [2.45, 2.75) is 6.42 Å². The molecule has 2 N–H and O–H groups in total. The van der Waals surface area contributed by atoms with Gasteiger partial charge in [0.05, 0.1) is 13.1 Å². The fourth-order valence-corrected chi connectivity index (χ4v) is 1.68. The van der Waals surface area contributed by atoms with Gasteiger partial charge in [-0.3, -0.25) is 9.59 Å². The molecule has 2 amide bonds. The average Bonchev–Trinajstić information content (AvgIpc) is 2.82. The van der Waals surface area contributed by atoms with Crippen molar-refractivity contribution in [3.05, 3.63) is 41.5 Å². The molecule has 0 saturated carbocycles. The predicted molar refractivity (Wildman–Crippen MR) is 65.2 cm³/mol. The molecule has 0 radical (unpaired) electrons. The molecular weight excluding hydrogens is 216 g/mol. The number of piperazine rings is 1. The molecule has 1 aliphatic carbocycles. The van der Waals surface area contributed by atoms with Crippen LogP contribution in [0, 0.1) is 0 Å². The highest BCUT2D eigenvalue weighted by atomic mass is 16.2. The molecule has 0 unspecified atom stereocenters. The van der Waals surface area contributed by atoms with Crippen LogP contribution >= 0.6 is 0 Å². The van der Waals surface area contributed by atoms with Gasteiger partial charge in [0.15, 0.2) is 0 Å². The molecule has 4 heteroatoms. The van der Waals surface area contributed by atoms with Crippen molar-refractivity contribution in [3.63, 3.8) is 0 Å². The van der Waals surface area contributed by atoms with Crippen LogP contribution in [0.2, 0.25) is 0 Å². The number of allylic oxidation sites excluding steroid dienone is 1. The maximum Gasteiger partial charge on any atom is 0.239 e. The second-order valence-corrected chi connectivity index (χ2v) is 3.86. The summed E-state index contributed by atoms with van der Waals surface area (Å²) in [5.74, 6) is -0.241. The Labute approximate surface area is 99.7 Å². The van der Waals surface area contributed by atoms with E-state index in [2.05, 4.69) is 47.1 Å². The van der Waals surface area contributed by atoms with Crippen LogP contribution in [-0.4, -0.2) is 24.9 Å². The van der Waals surface area contributed by atoms with E-state index in [0.717, 1.165) is 6.42 Å². The van der Waals surface area contributed by atoms with Gasteiger partial charge in [-0.2, -0.15) is 0 Å². The van der Waals surface area contributed by atoms with Crippen molar-refractivity contribution in [1.82, 2.24) is 10.6 Å². The van der Waals surface area contributed by atoms with Crippen LogP contribution in [0.5, 0.6) is 0 Å². The van der Waals surface area contributed by atoms with Crippen molar-refractivity contribution in [2.24, 2.45) is 0 Å². The smallest absolute Gasteiger partial charge is 0.239 e. The van der Waals surface area contributed by atoms with Crippen molar-refractivity contribution in [1.29, 1.82) is 0 Å². The lowest BCUT2D eigenvalue weighted by Gasteiger charge is -2.10. The highest BCUT2D eigenvalue weighted by Crippen LogP contribution is 2.17. The molecular formula is C13H14N2O2. The van der Waals surface area contributed by atoms with Crippen LogP contribution in [0.15, 0.2) is 30.3 Å². The first kappa shape index (κ1) is 11.4. The number of carbonyl (C=O) groups excluding carboxylic acids is 2. The zero-order valence-electron chi connectivity index (χ0n) is 9.40. The average molecular weight is 230 g/mol. The Balaban J connectivity index is 0.000000128. The van der Waals surface area contributed by atoms with Gasteiger partial charge in [-0.1, -0.05) is 36.4 Å². The third-order valence-electron chi connectivity index (χ3n) is 2.58. The molecule has 1 aromatic carbocycles. The van der Waals surface area contributed by atoms with E-state index in [1.807, 2.05) is 0 Å². The van der Waals surface area contributed by atoms with Gasteiger partial charge in [0, 0.05) is 0 Å². The van der Waals surface area contributed by atoms with E-state index in [0.29, 0.717) is 0 Å². The molecule has 0 aromatic heterocycles. The van der Waals surface area contributed by atoms with Gasteiger partial charge in [-0.25, -0.2) is 0 Å². The monoisotopic (exact) mass is 230 g/mol. The van der Waals surface area contributed by atoms with Crippen molar-refractivity contribution < 1.29 is 9.59 Å². The third kappa shape index (κ3) is 3.17. The topological polar surface area (TPSA) is 58.2 Å². The zero-order valence-corrected chi connectivity index (χ0v) is 9.40. The fraction of sp³-hybridized carbons (Fsp3) is 0.231. The van der Waals surface area contributed by atoms with Gasteiger partial charge >= 0.3 is 0 Å². The highest BCUT2D eigenvalue weighted by molar-refractivity contribution is 5.92. The van der Waals surface area contributed by atoms with Crippen molar-refractivity contribution in [2.75, 3.05) is 13.1 Å². The van der Waals surface area contributed by atoms with Crippen LogP contribution < -0.4 is 10.6 Å². The normalized spacial score (nSPS) is 16.5. The molecule has 0 atom stereocenters. The number of hydrogen-bond acceptors (Lipinski definition) is 2. The number of hydrogen-bond donors (Lipinski definition) is 2. The molecule has 1 aliphatic heterocycles. The minimum absolute atomic E-state index is 0.121. The van der Waals surface area contributed by atoms with Gasteiger partial charge < -0.3 is 10.6 Å². The van der Waals surface area contributed by atoms with E-state index in [1.54, 1.807) is 0 Å². The molecule has 4 nitrogen and oxygen atoms in total. The molecule has 1 saturated heterocycles. The molecule has 3 rings (SSSR count). The minimum Gasteiger partial charge on any atom is -0.346 e. The standard InChI is InChI=1S/C9H8.C4H6N2O2/c1-2-5-9-7-3-6-8(9)4-1;7-3-1-5-4(8)2-6-3/h1-6H,7H2;1-2H2,(H,5,8)(H,6,7). The van der Waals surface area contributed by atoms with E-state index in [-0.39, 0.29) is 24.9 Å². The summed E-state index contributed by atoms with van der Waals surface area (Å²) in [6.07, 6.45) is 5.50. The van der Waals surface area contributed by atoms with Crippen molar-refractivity contribution >= 4 is 17.9 Å². The molecule has 17 heavy (non-hydrogen) atoms. The number of amides is 2. The number of fused-ring (bicyclic) bond motifs is 1. The Hall–Kier alpha value is -2.10. The lowest BCUT2D eigenvalue weighted by molar-refractivity contribution is -0.130. The molecule has 88 valence electrons. The van der Waals surface area contributed by atoms with Gasteiger partial charge in [-0.15, -0.1) is 0 Å². The van der Waals surface area contributed by atoms with E-state index in [4.69, 9.17) is 0 Å². The molecule has 2 aliphatic rings. The second-order valence-electron chi connectivity index (χ2n) is 3.86. The van der Waals surface area contributed by atoms with Gasteiger partial charge in [0.25, 0.3) is 0 Å². The molecule has 1 fully saturated rings. The Morgan fingerprint density at radius 2 is 1.59 bits per heavy atom. The third-order valence-corrected chi connectivity index (χ3v) is 2.58. The summed E-state index contributed by atoms with van der Waals surface area (Å²) in [5, 5.41) is 4.76. The van der Waals surface area contributed by atoms with Gasteiger partial charge in [0.2, 0.25) is 11.8 Å². The highest BCUT2D eigenvalue weighted by Gasteiger charge is 2.11. The van der Waals surface area contributed by atoms with Gasteiger partial charge in [0.1, 0.15) is 0 Å². The number of benzene rings is 1. The summed E-state index contributed by atoms with van der Waals surface area (Å²) >= 11 is 0. The lowest BCUT2D eigenvalue weighted by Crippen LogP contribution is -2.48. The zero-order chi connectivity index (χ0) is 12.1. The largest absolute Gasteiger partial charge is 0.346 e. The van der Waals surface area contributed by atoms with Gasteiger partial charge in [-0.05, 0) is 17.5 Å². The Morgan fingerprint density at radius 3 is 2.18 bits per heavy atom. The molecule has 0 spiro atoms. The van der Waals surface area contributed by atoms with Crippen LogP contribution in [0.4, 0.5) is 0 Å². The second kappa shape index (κ2) is 5.30. The quantitative estimate of drug-likeness (QED) is 0.681. The molecule has 0 bridgehead atoms. The summed E-state index contributed by atoms with van der Waals surface area (Å²) in [6, 6.07) is 8.49. The van der Waals surface area contributed by atoms with Crippen LogP contribution in [0.25, 0.3) is 6.08 Å². The predicted octanol–water partition coefficient (Wildman–Crippen LogP) is 0.488. The van der Waals surface area contributed by atoms with Crippen LogP contribution in [0.3, 0.4) is 0 Å². The number of rotatable bonds is 0.